The molecule has 1 heterocycles. The summed E-state index contributed by atoms with van der Waals surface area (Å²) in [7, 11) is 0. The second-order valence-electron chi connectivity index (χ2n) is 3.36. The predicted octanol–water partition coefficient (Wildman–Crippen LogP) is -4.05. The molecule has 8 N–H and O–H groups in total. The van der Waals surface area contributed by atoms with Gasteiger partial charge in [0.05, 0.1) is 6.61 Å². The lowest BCUT2D eigenvalue weighted by Gasteiger charge is -2.28. The SMILES string of the molecule is NC(=O)NC1(C(N)=O)O[C@H](CO)[C@@H](O)[C@H]1O. The minimum absolute atomic E-state index is 0.659. The molecule has 0 aliphatic carbocycles. The van der Waals surface area contributed by atoms with E-state index in [-0.39, 0.29) is 0 Å². The summed E-state index contributed by atoms with van der Waals surface area (Å²) in [6, 6.07) is -1.16. The van der Waals surface area contributed by atoms with E-state index in [9.17, 15) is 19.8 Å². The standard InChI is InChI=1S/C7H13N3O6/c8-5(14)7(10-6(9)15)4(13)3(12)2(1-11)16-7/h2-4,11-13H,1H2,(H2,8,14)(H3,9,10,15)/t2-,3-,4-,7?/m1/s1. The molecule has 1 aliphatic heterocycles. The van der Waals surface area contributed by atoms with Crippen LogP contribution in [0.5, 0.6) is 0 Å². The van der Waals surface area contributed by atoms with Crippen LogP contribution in [0.2, 0.25) is 0 Å². The van der Waals surface area contributed by atoms with Gasteiger partial charge in [-0.25, -0.2) is 4.79 Å². The third kappa shape index (κ3) is 1.80. The van der Waals surface area contributed by atoms with Crippen LogP contribution in [-0.4, -0.2) is 57.9 Å². The average Bonchev–Trinajstić information content (AvgIpc) is 2.43. The van der Waals surface area contributed by atoms with Gasteiger partial charge in [0.15, 0.2) is 0 Å². The van der Waals surface area contributed by atoms with E-state index in [0.717, 1.165) is 0 Å². The summed E-state index contributed by atoms with van der Waals surface area (Å²) in [4.78, 5) is 21.8. The highest BCUT2D eigenvalue weighted by molar-refractivity contribution is 5.89. The monoisotopic (exact) mass is 235 g/mol. The van der Waals surface area contributed by atoms with Crippen LogP contribution in [-0.2, 0) is 9.53 Å². The van der Waals surface area contributed by atoms with Gasteiger partial charge in [0.1, 0.15) is 18.3 Å². The molecule has 9 nitrogen and oxygen atoms in total. The maximum atomic E-state index is 11.2. The first-order valence-electron chi connectivity index (χ1n) is 4.37. The number of aliphatic hydroxyl groups excluding tert-OH is 3. The summed E-state index contributed by atoms with van der Waals surface area (Å²) in [5.74, 6) is -1.23. The number of carbonyl (C=O) groups is 2. The van der Waals surface area contributed by atoms with Gasteiger partial charge in [0.25, 0.3) is 11.6 Å². The fourth-order valence-electron chi connectivity index (χ4n) is 1.52. The van der Waals surface area contributed by atoms with Gasteiger partial charge in [-0.1, -0.05) is 0 Å². The number of carbonyl (C=O) groups excluding carboxylic acids is 2. The molecule has 1 rings (SSSR count). The number of ether oxygens (including phenoxy) is 1. The Labute approximate surface area is 90.0 Å². The van der Waals surface area contributed by atoms with Crippen molar-refractivity contribution >= 4 is 11.9 Å². The Kier molecular flexibility index (Phi) is 3.33. The largest absolute Gasteiger partial charge is 0.394 e. The van der Waals surface area contributed by atoms with E-state index in [4.69, 9.17) is 21.3 Å². The van der Waals surface area contributed by atoms with Crippen LogP contribution in [0.15, 0.2) is 0 Å². The van der Waals surface area contributed by atoms with Gasteiger partial charge in [0, 0.05) is 0 Å². The molecule has 92 valence electrons. The number of nitrogens with one attached hydrogen (secondary N) is 1. The van der Waals surface area contributed by atoms with Crippen LogP contribution in [0.1, 0.15) is 0 Å². The summed E-state index contributed by atoms with van der Waals surface area (Å²) in [6.45, 7) is -0.659. The van der Waals surface area contributed by atoms with Crippen molar-refractivity contribution in [3.8, 4) is 0 Å². The van der Waals surface area contributed by atoms with E-state index < -0.39 is 42.6 Å². The van der Waals surface area contributed by atoms with Crippen LogP contribution in [0.3, 0.4) is 0 Å². The first-order chi connectivity index (χ1) is 7.35. The van der Waals surface area contributed by atoms with Crippen LogP contribution >= 0.6 is 0 Å². The van der Waals surface area contributed by atoms with Crippen molar-refractivity contribution in [3.05, 3.63) is 0 Å². The molecule has 1 fully saturated rings. The van der Waals surface area contributed by atoms with Crippen molar-refractivity contribution in [2.75, 3.05) is 6.61 Å². The molecule has 4 atom stereocenters. The van der Waals surface area contributed by atoms with Crippen LogP contribution in [0, 0.1) is 0 Å². The number of primary amides is 2. The van der Waals surface area contributed by atoms with Crippen molar-refractivity contribution in [1.82, 2.24) is 5.32 Å². The number of aliphatic hydroxyl groups is 3. The van der Waals surface area contributed by atoms with Gasteiger partial charge >= 0.3 is 6.03 Å². The van der Waals surface area contributed by atoms with Crippen LogP contribution in [0.4, 0.5) is 4.79 Å². The molecule has 1 aliphatic rings. The molecule has 1 saturated heterocycles. The van der Waals surface area contributed by atoms with Crippen LogP contribution in [0.25, 0.3) is 0 Å². The molecule has 3 amide bonds. The summed E-state index contributed by atoms with van der Waals surface area (Å²) in [5, 5.41) is 29.6. The second-order valence-corrected chi connectivity index (χ2v) is 3.36. The normalized spacial score (nSPS) is 38.3. The fraction of sp³-hybridized carbons (Fsp3) is 0.714. The van der Waals surface area contributed by atoms with E-state index in [2.05, 4.69) is 0 Å². The molecular formula is C7H13N3O6. The van der Waals surface area contributed by atoms with E-state index in [1.54, 1.807) is 0 Å². The molecule has 0 spiro atoms. The highest BCUT2D eigenvalue weighted by Gasteiger charge is 2.59. The zero-order valence-corrected chi connectivity index (χ0v) is 8.16. The number of hydrogen-bond acceptors (Lipinski definition) is 6. The number of rotatable bonds is 3. The number of nitrogens with two attached hydrogens (primary N) is 2. The lowest BCUT2D eigenvalue weighted by Crippen LogP contribution is -2.65. The maximum absolute atomic E-state index is 11.2. The van der Waals surface area contributed by atoms with Crippen molar-refractivity contribution in [1.29, 1.82) is 0 Å². The molecule has 1 unspecified atom stereocenters. The van der Waals surface area contributed by atoms with E-state index in [1.165, 1.54) is 0 Å². The Bertz CT molecular complexity index is 310. The smallest absolute Gasteiger partial charge is 0.314 e. The van der Waals surface area contributed by atoms with Gasteiger partial charge in [-0.05, 0) is 0 Å². The van der Waals surface area contributed by atoms with Crippen molar-refractivity contribution in [2.45, 2.75) is 24.0 Å². The van der Waals surface area contributed by atoms with Gasteiger partial charge in [-0.15, -0.1) is 0 Å². The zero-order valence-electron chi connectivity index (χ0n) is 8.16. The van der Waals surface area contributed by atoms with Crippen LogP contribution < -0.4 is 16.8 Å². The molecule has 0 saturated carbocycles. The molecule has 16 heavy (non-hydrogen) atoms. The lowest BCUT2D eigenvalue weighted by molar-refractivity contribution is -0.156. The summed E-state index contributed by atoms with van der Waals surface area (Å²) < 4.78 is 4.86. The molecule has 0 radical (unpaired) electrons. The first-order valence-corrected chi connectivity index (χ1v) is 4.37. The summed E-state index contributed by atoms with van der Waals surface area (Å²) in [6.07, 6.45) is -4.62. The van der Waals surface area contributed by atoms with Gasteiger partial charge in [-0.3, -0.25) is 10.1 Å². The highest BCUT2D eigenvalue weighted by Crippen LogP contribution is 2.28. The summed E-state index contributed by atoms with van der Waals surface area (Å²) in [5.41, 5.74) is 7.44. The highest BCUT2D eigenvalue weighted by atomic mass is 16.6. The Hall–Kier alpha value is -1.42. The van der Waals surface area contributed by atoms with Gasteiger partial charge in [-0.2, -0.15) is 0 Å². The van der Waals surface area contributed by atoms with E-state index in [1.807, 2.05) is 5.32 Å². The first kappa shape index (κ1) is 12.6. The van der Waals surface area contributed by atoms with Gasteiger partial charge in [0.2, 0.25) is 0 Å². The molecule has 0 aromatic rings. The Morgan fingerprint density at radius 2 is 1.94 bits per heavy atom. The van der Waals surface area contributed by atoms with Crippen molar-refractivity contribution in [3.63, 3.8) is 0 Å². The third-order valence-corrected chi connectivity index (χ3v) is 2.31. The zero-order chi connectivity index (χ0) is 12.5. The number of urea groups is 1. The Morgan fingerprint density at radius 3 is 2.25 bits per heavy atom. The maximum Gasteiger partial charge on any atom is 0.314 e. The molecule has 9 heteroatoms. The predicted molar refractivity (Wildman–Crippen MR) is 48.6 cm³/mol. The van der Waals surface area contributed by atoms with E-state index in [0.29, 0.717) is 0 Å². The fourth-order valence-corrected chi connectivity index (χ4v) is 1.52. The van der Waals surface area contributed by atoms with Crippen molar-refractivity contribution in [2.24, 2.45) is 11.5 Å². The molecule has 0 aromatic heterocycles. The summed E-state index contributed by atoms with van der Waals surface area (Å²) >= 11 is 0. The average molecular weight is 235 g/mol. The second kappa shape index (κ2) is 4.22. The molecule has 0 aromatic carbocycles. The topological polar surface area (TPSA) is 168 Å². The minimum Gasteiger partial charge on any atom is -0.394 e. The van der Waals surface area contributed by atoms with E-state index >= 15 is 0 Å². The minimum atomic E-state index is -2.32. The molecule has 0 bridgehead atoms. The number of amides is 3. The third-order valence-electron chi connectivity index (χ3n) is 2.31. The Morgan fingerprint density at radius 1 is 1.38 bits per heavy atom. The molecular weight excluding hydrogens is 222 g/mol. The number of hydrogen-bond donors (Lipinski definition) is 6. The quantitative estimate of drug-likeness (QED) is 0.291. The van der Waals surface area contributed by atoms with Crippen molar-refractivity contribution < 1.29 is 29.6 Å². The Balaban J connectivity index is 3.03. The van der Waals surface area contributed by atoms with Gasteiger partial charge < -0.3 is 31.5 Å². The lowest BCUT2D eigenvalue weighted by atomic mass is 10.0.